The fraction of sp³-hybridized carbons (Fsp3) is 0.917. The Morgan fingerprint density at radius 3 is 2.94 bits per heavy atom. The summed E-state index contributed by atoms with van der Waals surface area (Å²) in [4.78, 5) is 16.0. The zero-order valence-electron chi connectivity index (χ0n) is 10.9. The maximum atomic E-state index is 11.8. The molecule has 2 fully saturated rings. The number of likely N-dealkylation sites (tertiary alicyclic amines) is 1. The van der Waals surface area contributed by atoms with Gasteiger partial charge in [-0.2, -0.15) is 0 Å². The van der Waals surface area contributed by atoms with Crippen LogP contribution in [0.5, 0.6) is 0 Å². The average molecular weight is 240 g/mol. The number of carbonyl (C=O) groups is 1. The van der Waals surface area contributed by atoms with Crippen LogP contribution in [0.15, 0.2) is 0 Å². The Balaban J connectivity index is 1.89. The normalized spacial score (nSPS) is 32.6. The van der Waals surface area contributed by atoms with Gasteiger partial charge in [-0.1, -0.05) is 0 Å². The Morgan fingerprint density at radius 1 is 1.53 bits per heavy atom. The summed E-state index contributed by atoms with van der Waals surface area (Å²) in [5, 5.41) is 3.10. The molecule has 0 aromatic carbocycles. The minimum Gasteiger partial charge on any atom is -0.333 e. The Hall–Kier alpha value is -0.810. The summed E-state index contributed by atoms with van der Waals surface area (Å²) in [6.07, 6.45) is 2.46. The highest BCUT2D eigenvalue weighted by molar-refractivity contribution is 5.77. The van der Waals surface area contributed by atoms with Crippen LogP contribution in [0.1, 0.15) is 19.8 Å². The van der Waals surface area contributed by atoms with Crippen molar-refractivity contribution >= 4 is 6.03 Å². The Morgan fingerprint density at radius 2 is 2.29 bits per heavy atom. The molecule has 0 saturated carbocycles. The van der Waals surface area contributed by atoms with Gasteiger partial charge in [-0.05, 0) is 39.3 Å². The van der Waals surface area contributed by atoms with Gasteiger partial charge in [0.1, 0.15) is 0 Å². The van der Waals surface area contributed by atoms with E-state index in [9.17, 15) is 4.79 Å². The maximum Gasteiger partial charge on any atom is 0.317 e. The van der Waals surface area contributed by atoms with Gasteiger partial charge < -0.3 is 20.9 Å². The van der Waals surface area contributed by atoms with Crippen molar-refractivity contribution in [1.82, 2.24) is 15.1 Å². The summed E-state index contributed by atoms with van der Waals surface area (Å²) in [6, 6.07) is 0.415. The van der Waals surface area contributed by atoms with Crippen LogP contribution in [-0.2, 0) is 0 Å². The zero-order valence-corrected chi connectivity index (χ0v) is 10.9. The summed E-state index contributed by atoms with van der Waals surface area (Å²) in [7, 11) is 2.16. The summed E-state index contributed by atoms with van der Waals surface area (Å²) in [5.74, 6) is 0.593. The monoisotopic (exact) mass is 240 g/mol. The quantitative estimate of drug-likeness (QED) is 0.734. The third-order valence-corrected chi connectivity index (χ3v) is 3.75. The lowest BCUT2D eigenvalue weighted by Crippen LogP contribution is -2.43. The van der Waals surface area contributed by atoms with Crippen molar-refractivity contribution in [3.63, 3.8) is 0 Å². The average Bonchev–Trinajstić information content (AvgIpc) is 2.59. The molecule has 5 nitrogen and oxygen atoms in total. The first-order chi connectivity index (χ1) is 8.06. The summed E-state index contributed by atoms with van der Waals surface area (Å²) < 4.78 is 0. The molecule has 0 aromatic heterocycles. The van der Waals surface area contributed by atoms with E-state index in [4.69, 9.17) is 5.73 Å². The molecule has 3 atom stereocenters. The highest BCUT2D eigenvalue weighted by atomic mass is 16.2. The summed E-state index contributed by atoms with van der Waals surface area (Å²) in [5.41, 5.74) is 5.75. The van der Waals surface area contributed by atoms with Crippen molar-refractivity contribution in [3.8, 4) is 0 Å². The van der Waals surface area contributed by atoms with E-state index in [-0.39, 0.29) is 12.1 Å². The molecule has 0 radical (unpaired) electrons. The number of nitrogens with one attached hydrogen (secondary N) is 1. The molecule has 2 rings (SSSR count). The van der Waals surface area contributed by atoms with Crippen molar-refractivity contribution in [2.45, 2.75) is 31.8 Å². The third-order valence-electron chi connectivity index (χ3n) is 3.75. The molecule has 3 unspecified atom stereocenters. The fourth-order valence-electron chi connectivity index (χ4n) is 2.92. The maximum absolute atomic E-state index is 11.8. The molecule has 2 amide bonds. The zero-order chi connectivity index (χ0) is 12.4. The lowest BCUT2D eigenvalue weighted by atomic mass is 9.91. The second kappa shape index (κ2) is 5.23. The van der Waals surface area contributed by atoms with Crippen molar-refractivity contribution in [2.75, 3.05) is 33.2 Å². The van der Waals surface area contributed by atoms with Gasteiger partial charge in [-0.25, -0.2) is 4.79 Å². The molecule has 2 aliphatic heterocycles. The highest BCUT2D eigenvalue weighted by Crippen LogP contribution is 2.22. The SMILES string of the molecule is CC(N)CN1CC(C2CCCN(C)C2)NC1=O. The lowest BCUT2D eigenvalue weighted by Gasteiger charge is -2.33. The summed E-state index contributed by atoms with van der Waals surface area (Å²) >= 11 is 0. The van der Waals surface area contributed by atoms with Gasteiger partial charge in [-0.15, -0.1) is 0 Å². The predicted molar refractivity (Wildman–Crippen MR) is 67.8 cm³/mol. The van der Waals surface area contributed by atoms with Crippen LogP contribution in [0.4, 0.5) is 4.79 Å². The first-order valence-electron chi connectivity index (χ1n) is 6.56. The number of nitrogens with zero attached hydrogens (tertiary/aromatic N) is 2. The Labute approximate surface area is 103 Å². The molecule has 98 valence electrons. The van der Waals surface area contributed by atoms with Crippen LogP contribution < -0.4 is 11.1 Å². The molecule has 3 N–H and O–H groups in total. The first kappa shape index (κ1) is 12.6. The molecule has 5 heteroatoms. The van der Waals surface area contributed by atoms with Crippen molar-refractivity contribution in [1.29, 1.82) is 0 Å². The van der Waals surface area contributed by atoms with E-state index in [0.717, 1.165) is 13.1 Å². The molecule has 0 aliphatic carbocycles. The third kappa shape index (κ3) is 3.10. The van der Waals surface area contributed by atoms with E-state index in [0.29, 0.717) is 18.5 Å². The van der Waals surface area contributed by atoms with Crippen LogP contribution in [0.3, 0.4) is 0 Å². The van der Waals surface area contributed by atoms with Gasteiger partial charge in [0.15, 0.2) is 0 Å². The largest absolute Gasteiger partial charge is 0.333 e. The minimum atomic E-state index is 0.0496. The standard InChI is InChI=1S/C12H24N4O/c1-9(13)6-16-8-11(14-12(16)17)10-4-3-5-15(2)7-10/h9-11H,3-8,13H2,1-2H3,(H,14,17). The van der Waals surface area contributed by atoms with E-state index in [1.165, 1.54) is 19.4 Å². The van der Waals surface area contributed by atoms with Gasteiger partial charge in [0.05, 0.1) is 6.04 Å². The second-order valence-corrected chi connectivity index (χ2v) is 5.60. The molecular weight excluding hydrogens is 216 g/mol. The second-order valence-electron chi connectivity index (χ2n) is 5.60. The number of rotatable bonds is 3. The molecule has 2 heterocycles. The van der Waals surface area contributed by atoms with Crippen molar-refractivity contribution < 1.29 is 4.79 Å². The first-order valence-corrected chi connectivity index (χ1v) is 6.56. The smallest absolute Gasteiger partial charge is 0.317 e. The Kier molecular flexibility index (Phi) is 3.89. The lowest BCUT2D eigenvalue weighted by molar-refractivity contribution is 0.180. The van der Waals surface area contributed by atoms with Gasteiger partial charge in [-0.3, -0.25) is 0 Å². The van der Waals surface area contributed by atoms with Gasteiger partial charge >= 0.3 is 6.03 Å². The summed E-state index contributed by atoms with van der Waals surface area (Å²) in [6.45, 7) is 5.69. The van der Waals surface area contributed by atoms with Crippen LogP contribution in [0, 0.1) is 5.92 Å². The molecular formula is C12H24N4O. The number of piperidine rings is 1. The van der Waals surface area contributed by atoms with E-state index >= 15 is 0 Å². The number of hydrogen-bond acceptors (Lipinski definition) is 3. The van der Waals surface area contributed by atoms with E-state index < -0.39 is 0 Å². The molecule has 0 bridgehead atoms. The number of amides is 2. The molecule has 0 spiro atoms. The number of urea groups is 1. The van der Waals surface area contributed by atoms with Crippen LogP contribution in [0.25, 0.3) is 0 Å². The van der Waals surface area contributed by atoms with Crippen molar-refractivity contribution in [3.05, 3.63) is 0 Å². The number of hydrogen-bond donors (Lipinski definition) is 2. The molecule has 0 aromatic rings. The predicted octanol–water partition coefficient (Wildman–Crippen LogP) is 0.0692. The molecule has 2 saturated heterocycles. The van der Waals surface area contributed by atoms with E-state index in [1.54, 1.807) is 0 Å². The number of nitrogens with two attached hydrogens (primary N) is 1. The van der Waals surface area contributed by atoms with Crippen molar-refractivity contribution in [2.24, 2.45) is 11.7 Å². The molecule has 17 heavy (non-hydrogen) atoms. The van der Waals surface area contributed by atoms with Crippen LogP contribution >= 0.6 is 0 Å². The van der Waals surface area contributed by atoms with Crippen LogP contribution in [-0.4, -0.2) is 61.1 Å². The number of carbonyl (C=O) groups excluding carboxylic acids is 1. The van der Waals surface area contributed by atoms with Gasteiger partial charge in [0.25, 0.3) is 0 Å². The van der Waals surface area contributed by atoms with Gasteiger partial charge in [0.2, 0.25) is 0 Å². The molecule has 2 aliphatic rings. The van der Waals surface area contributed by atoms with E-state index in [1.807, 2.05) is 11.8 Å². The minimum absolute atomic E-state index is 0.0496. The van der Waals surface area contributed by atoms with E-state index in [2.05, 4.69) is 17.3 Å². The topological polar surface area (TPSA) is 61.6 Å². The highest BCUT2D eigenvalue weighted by Gasteiger charge is 2.35. The fourth-order valence-corrected chi connectivity index (χ4v) is 2.92. The Bertz CT molecular complexity index is 282. The van der Waals surface area contributed by atoms with Crippen LogP contribution in [0.2, 0.25) is 0 Å². The van der Waals surface area contributed by atoms with Gasteiger partial charge in [0, 0.05) is 25.7 Å².